The first-order valence-electron chi connectivity index (χ1n) is 5.35. The zero-order valence-corrected chi connectivity index (χ0v) is 9.03. The molecule has 2 aliphatic rings. The summed E-state index contributed by atoms with van der Waals surface area (Å²) in [5.41, 5.74) is -0.960. The van der Waals surface area contributed by atoms with Gasteiger partial charge in [-0.25, -0.2) is 0 Å². The third-order valence-electron chi connectivity index (χ3n) is 4.08. The van der Waals surface area contributed by atoms with E-state index in [-0.39, 0.29) is 17.6 Å². The Balaban J connectivity index is 2.40. The van der Waals surface area contributed by atoms with Gasteiger partial charge in [-0.1, -0.05) is 6.92 Å². The zero-order valence-electron chi connectivity index (χ0n) is 9.03. The second-order valence-corrected chi connectivity index (χ2v) is 4.68. The average molecular weight is 212 g/mol. The highest BCUT2D eigenvalue weighted by Crippen LogP contribution is 2.52. The molecule has 2 saturated carbocycles. The molecule has 4 atom stereocenters. The molecule has 0 aromatic carbocycles. The Bertz CT molecular complexity index is 312. The fourth-order valence-electron chi connectivity index (χ4n) is 3.14. The van der Waals surface area contributed by atoms with E-state index in [1.165, 1.54) is 7.11 Å². The Morgan fingerprint density at radius 3 is 2.87 bits per heavy atom. The van der Waals surface area contributed by atoms with E-state index < -0.39 is 17.5 Å². The monoisotopic (exact) mass is 212 g/mol. The summed E-state index contributed by atoms with van der Waals surface area (Å²) in [6.45, 7) is 1.85. The second-order valence-electron chi connectivity index (χ2n) is 4.68. The van der Waals surface area contributed by atoms with Crippen molar-refractivity contribution in [3.05, 3.63) is 0 Å². The number of methoxy groups -OCH3 is 1. The van der Waals surface area contributed by atoms with Crippen molar-refractivity contribution in [1.29, 1.82) is 0 Å². The number of aliphatic hydroxyl groups is 1. The van der Waals surface area contributed by atoms with E-state index in [1.54, 1.807) is 0 Å². The molecule has 0 aromatic heterocycles. The molecule has 0 aliphatic heterocycles. The molecular formula is C11H16O4. The Kier molecular flexibility index (Phi) is 2.34. The van der Waals surface area contributed by atoms with Crippen LogP contribution in [-0.2, 0) is 14.3 Å². The maximum absolute atomic E-state index is 12.1. The lowest BCUT2D eigenvalue weighted by molar-refractivity contribution is -0.165. The van der Waals surface area contributed by atoms with Crippen LogP contribution in [0, 0.1) is 17.3 Å². The van der Waals surface area contributed by atoms with Gasteiger partial charge in [0.25, 0.3) is 0 Å². The number of hydrogen-bond donors (Lipinski definition) is 1. The number of ketones is 1. The van der Waals surface area contributed by atoms with Gasteiger partial charge in [-0.05, 0) is 25.2 Å². The number of carbonyl (C=O) groups is 2. The maximum Gasteiger partial charge on any atom is 0.319 e. The largest absolute Gasteiger partial charge is 0.468 e. The quantitative estimate of drug-likeness (QED) is 0.508. The number of rotatable bonds is 1. The topological polar surface area (TPSA) is 63.6 Å². The van der Waals surface area contributed by atoms with Gasteiger partial charge in [-0.2, -0.15) is 0 Å². The van der Waals surface area contributed by atoms with Crippen LogP contribution in [0.1, 0.15) is 26.2 Å². The second kappa shape index (κ2) is 3.30. The molecule has 0 amide bonds. The molecule has 0 unspecified atom stereocenters. The molecule has 15 heavy (non-hydrogen) atoms. The third kappa shape index (κ3) is 1.17. The summed E-state index contributed by atoms with van der Waals surface area (Å²) in [5.74, 6) is -0.999. The van der Waals surface area contributed by atoms with Crippen LogP contribution in [-0.4, -0.2) is 30.1 Å². The standard InChI is InChI=1S/C11H16O4/c1-6-5-8(12)7-3-4-11(6,9(7)13)10(14)15-2/h6-8,12H,3-5H2,1-2H3/t6-,7-,8-,11+/m0/s1. The Labute approximate surface area is 88.6 Å². The van der Waals surface area contributed by atoms with E-state index in [4.69, 9.17) is 4.74 Å². The molecule has 0 saturated heterocycles. The molecule has 2 bridgehead atoms. The van der Waals surface area contributed by atoms with Crippen LogP contribution in [0.15, 0.2) is 0 Å². The van der Waals surface area contributed by atoms with E-state index in [1.807, 2.05) is 6.92 Å². The molecule has 2 fully saturated rings. The number of Topliss-reactive ketones (excluding diaryl/α,β-unsaturated/α-hetero) is 1. The molecule has 4 heteroatoms. The van der Waals surface area contributed by atoms with Crippen LogP contribution in [0.3, 0.4) is 0 Å². The van der Waals surface area contributed by atoms with Crippen LogP contribution in [0.25, 0.3) is 0 Å². The van der Waals surface area contributed by atoms with E-state index in [2.05, 4.69) is 0 Å². The molecule has 4 nitrogen and oxygen atoms in total. The predicted octanol–water partition coefficient (Wildman–Crippen LogP) is 0.526. The first kappa shape index (κ1) is 10.6. The minimum absolute atomic E-state index is 0.111. The fourth-order valence-corrected chi connectivity index (χ4v) is 3.14. The third-order valence-corrected chi connectivity index (χ3v) is 4.08. The number of carbonyl (C=O) groups excluding carboxylic acids is 2. The van der Waals surface area contributed by atoms with Crippen molar-refractivity contribution in [3.8, 4) is 0 Å². The van der Waals surface area contributed by atoms with Gasteiger partial charge in [-0.15, -0.1) is 0 Å². The van der Waals surface area contributed by atoms with Gasteiger partial charge >= 0.3 is 5.97 Å². The summed E-state index contributed by atoms with van der Waals surface area (Å²) >= 11 is 0. The van der Waals surface area contributed by atoms with Gasteiger partial charge in [0.05, 0.1) is 13.2 Å². The number of aliphatic hydroxyl groups excluding tert-OH is 1. The molecule has 0 radical (unpaired) electrons. The van der Waals surface area contributed by atoms with Crippen LogP contribution < -0.4 is 0 Å². The van der Waals surface area contributed by atoms with Gasteiger partial charge in [0, 0.05) is 5.92 Å². The number of esters is 1. The highest BCUT2D eigenvalue weighted by Gasteiger charge is 2.62. The maximum atomic E-state index is 12.1. The lowest BCUT2D eigenvalue weighted by atomic mass is 9.66. The zero-order chi connectivity index (χ0) is 11.2. The van der Waals surface area contributed by atoms with Crippen molar-refractivity contribution < 1.29 is 19.4 Å². The van der Waals surface area contributed by atoms with Crippen molar-refractivity contribution in [2.45, 2.75) is 32.3 Å². The van der Waals surface area contributed by atoms with Crippen molar-refractivity contribution in [2.24, 2.45) is 17.3 Å². The number of ether oxygens (including phenoxy) is 1. The fraction of sp³-hybridized carbons (Fsp3) is 0.818. The summed E-state index contributed by atoms with van der Waals surface area (Å²) in [5, 5.41) is 9.73. The smallest absolute Gasteiger partial charge is 0.319 e. The van der Waals surface area contributed by atoms with Gasteiger partial charge < -0.3 is 9.84 Å². The lowest BCUT2D eigenvalue weighted by Crippen LogP contribution is -2.50. The van der Waals surface area contributed by atoms with Crippen molar-refractivity contribution in [1.82, 2.24) is 0 Å². The summed E-state index contributed by atoms with van der Waals surface area (Å²) in [6, 6.07) is 0. The van der Waals surface area contributed by atoms with Crippen LogP contribution >= 0.6 is 0 Å². The Morgan fingerprint density at radius 2 is 2.27 bits per heavy atom. The van der Waals surface area contributed by atoms with Crippen molar-refractivity contribution in [2.75, 3.05) is 7.11 Å². The highest BCUT2D eigenvalue weighted by atomic mass is 16.5. The molecule has 2 rings (SSSR count). The minimum Gasteiger partial charge on any atom is -0.468 e. The summed E-state index contributed by atoms with van der Waals surface area (Å²) in [4.78, 5) is 23.8. The van der Waals surface area contributed by atoms with E-state index in [0.29, 0.717) is 19.3 Å². The molecule has 0 aromatic rings. The van der Waals surface area contributed by atoms with Crippen LogP contribution in [0.2, 0.25) is 0 Å². The molecular weight excluding hydrogens is 196 g/mol. The predicted molar refractivity (Wildman–Crippen MR) is 52.0 cm³/mol. The van der Waals surface area contributed by atoms with Crippen LogP contribution in [0.4, 0.5) is 0 Å². The van der Waals surface area contributed by atoms with Gasteiger partial charge in [0.2, 0.25) is 0 Å². The minimum atomic E-state index is -0.960. The van der Waals surface area contributed by atoms with Gasteiger partial charge in [0.1, 0.15) is 5.41 Å². The first-order chi connectivity index (χ1) is 7.04. The van der Waals surface area contributed by atoms with Gasteiger partial charge in [0.15, 0.2) is 5.78 Å². The Morgan fingerprint density at radius 1 is 1.60 bits per heavy atom. The normalized spacial score (nSPS) is 44.2. The van der Waals surface area contributed by atoms with E-state index >= 15 is 0 Å². The van der Waals surface area contributed by atoms with Crippen molar-refractivity contribution in [3.63, 3.8) is 0 Å². The lowest BCUT2D eigenvalue weighted by Gasteiger charge is -2.37. The summed E-state index contributed by atoms with van der Waals surface area (Å²) in [7, 11) is 1.31. The molecule has 2 aliphatic carbocycles. The average Bonchev–Trinajstić information content (AvgIpc) is 2.48. The summed E-state index contributed by atoms with van der Waals surface area (Å²) in [6.07, 6.45) is 1.08. The summed E-state index contributed by atoms with van der Waals surface area (Å²) < 4.78 is 4.75. The van der Waals surface area contributed by atoms with Crippen molar-refractivity contribution >= 4 is 11.8 Å². The number of hydrogen-bond acceptors (Lipinski definition) is 4. The SMILES string of the molecule is COC(=O)[C@@]12CC[C@H](C1=O)[C@@H](O)C[C@@H]2C. The highest BCUT2D eigenvalue weighted by molar-refractivity contribution is 6.07. The molecule has 0 heterocycles. The Hall–Kier alpha value is -0.900. The first-order valence-corrected chi connectivity index (χ1v) is 5.35. The van der Waals surface area contributed by atoms with Gasteiger partial charge in [-0.3, -0.25) is 9.59 Å². The molecule has 0 spiro atoms. The molecule has 1 N–H and O–H groups in total. The van der Waals surface area contributed by atoms with Crippen LogP contribution in [0.5, 0.6) is 0 Å². The van der Waals surface area contributed by atoms with E-state index in [0.717, 1.165) is 0 Å². The number of fused-ring (bicyclic) bond motifs is 2. The molecule has 84 valence electrons. The van der Waals surface area contributed by atoms with E-state index in [9.17, 15) is 14.7 Å².